The fourth-order valence-electron chi connectivity index (χ4n) is 4.10. The molecule has 3 aromatic rings. The Balaban J connectivity index is 1.53. The Bertz CT molecular complexity index is 1230. The molecule has 0 radical (unpaired) electrons. The smallest absolute Gasteiger partial charge is 0.463 e. The summed E-state index contributed by atoms with van der Waals surface area (Å²) in [7, 11) is -0.505. The van der Waals surface area contributed by atoms with E-state index in [1.807, 2.05) is 71.0 Å². The van der Waals surface area contributed by atoms with Gasteiger partial charge in [-0.05, 0) is 76.0 Å². The number of rotatable bonds is 4. The molecule has 1 aromatic carbocycles. The maximum atomic E-state index is 13.2. The van der Waals surface area contributed by atoms with Gasteiger partial charge in [-0.2, -0.15) is 0 Å². The number of fused-ring (bicyclic) bond motifs is 1. The van der Waals surface area contributed by atoms with Gasteiger partial charge < -0.3 is 19.0 Å². The second kappa shape index (κ2) is 7.68. The van der Waals surface area contributed by atoms with E-state index in [4.69, 9.17) is 18.7 Å². The summed E-state index contributed by atoms with van der Waals surface area (Å²) in [6.45, 7) is 9.98. The number of nitrogens with zero attached hydrogens (tertiary/aromatic N) is 2. The van der Waals surface area contributed by atoms with Crippen molar-refractivity contribution in [1.29, 1.82) is 0 Å². The van der Waals surface area contributed by atoms with E-state index in [-0.39, 0.29) is 5.91 Å². The third kappa shape index (κ3) is 3.79. The lowest BCUT2D eigenvalue weighted by Gasteiger charge is -2.32. The van der Waals surface area contributed by atoms with Crippen LogP contribution in [0.1, 0.15) is 50.6 Å². The van der Waals surface area contributed by atoms with Crippen LogP contribution in [0.3, 0.4) is 0 Å². The van der Waals surface area contributed by atoms with Crippen LogP contribution in [0.25, 0.3) is 0 Å². The van der Waals surface area contributed by atoms with Crippen molar-refractivity contribution in [1.82, 2.24) is 4.98 Å². The van der Waals surface area contributed by atoms with E-state index in [1.165, 1.54) is 0 Å². The van der Waals surface area contributed by atoms with Gasteiger partial charge in [0.1, 0.15) is 17.4 Å². The van der Waals surface area contributed by atoms with Crippen LogP contribution in [0.5, 0.6) is 0 Å². The van der Waals surface area contributed by atoms with Crippen molar-refractivity contribution >= 4 is 35.6 Å². The number of pyridine rings is 1. The van der Waals surface area contributed by atoms with E-state index in [9.17, 15) is 4.79 Å². The Morgan fingerprint density at radius 2 is 1.85 bits per heavy atom. The van der Waals surface area contributed by atoms with Crippen LogP contribution in [0.15, 0.2) is 64.3 Å². The fourth-order valence-corrected chi connectivity index (χ4v) is 4.10. The molecule has 1 fully saturated rings. The molecule has 2 aliphatic heterocycles. The first-order valence-electron chi connectivity index (χ1n) is 11.0. The predicted molar refractivity (Wildman–Crippen MR) is 127 cm³/mol. The quantitative estimate of drug-likeness (QED) is 0.484. The molecule has 1 atom stereocenters. The number of carbonyl (C=O) groups is 1. The highest BCUT2D eigenvalue weighted by Crippen LogP contribution is 2.39. The monoisotopic (exact) mass is 443 g/mol. The van der Waals surface area contributed by atoms with E-state index in [2.05, 4.69) is 10.3 Å². The van der Waals surface area contributed by atoms with Crippen LogP contribution < -0.4 is 10.8 Å². The van der Waals surface area contributed by atoms with Gasteiger partial charge in [0.05, 0.1) is 23.2 Å². The van der Waals surface area contributed by atoms with Gasteiger partial charge in [-0.25, -0.2) is 4.99 Å². The highest BCUT2D eigenvalue weighted by Gasteiger charge is 2.52. The van der Waals surface area contributed by atoms with E-state index < -0.39 is 24.2 Å². The molecular formula is C25H26BN3O4. The summed E-state index contributed by atoms with van der Waals surface area (Å²) >= 11 is 0. The topological polar surface area (TPSA) is 86.0 Å². The first-order valence-corrected chi connectivity index (χ1v) is 11.0. The van der Waals surface area contributed by atoms with E-state index in [1.54, 1.807) is 18.5 Å². The normalized spacial score (nSPS) is 21.2. The first kappa shape index (κ1) is 21.6. The van der Waals surface area contributed by atoms with Crippen LogP contribution >= 0.6 is 0 Å². The molecule has 4 heterocycles. The van der Waals surface area contributed by atoms with Crippen molar-refractivity contribution in [3.63, 3.8) is 0 Å². The van der Waals surface area contributed by atoms with Gasteiger partial charge in [0, 0.05) is 17.6 Å². The molecule has 168 valence electrons. The lowest BCUT2D eigenvalue weighted by molar-refractivity contribution is -0.115. The van der Waals surface area contributed by atoms with Crippen molar-refractivity contribution in [2.75, 3.05) is 5.32 Å². The number of nitrogens with one attached hydrogen (secondary N) is 1. The number of aromatic nitrogens is 1. The second-order valence-electron chi connectivity index (χ2n) is 9.49. The zero-order valence-corrected chi connectivity index (χ0v) is 19.4. The van der Waals surface area contributed by atoms with Gasteiger partial charge in [0.25, 0.3) is 0 Å². The highest BCUT2D eigenvalue weighted by atomic mass is 16.7. The summed E-state index contributed by atoms with van der Waals surface area (Å²) in [5, 5.41) is 3.01. The number of amides is 1. The van der Waals surface area contributed by atoms with Crippen LogP contribution in [0, 0.1) is 6.92 Å². The summed E-state index contributed by atoms with van der Waals surface area (Å²) in [6.07, 6.45) is 3.28. The number of furan rings is 1. The zero-order valence-electron chi connectivity index (χ0n) is 19.4. The minimum absolute atomic E-state index is 0.156. The predicted octanol–water partition coefficient (Wildman–Crippen LogP) is 4.14. The van der Waals surface area contributed by atoms with E-state index in [0.717, 1.165) is 22.4 Å². The number of benzene rings is 1. The largest absolute Gasteiger partial charge is 0.494 e. The minimum atomic E-state index is -0.605. The molecule has 0 saturated carbocycles. The third-order valence-electron chi connectivity index (χ3n) is 6.61. The van der Waals surface area contributed by atoms with E-state index >= 15 is 0 Å². The molecule has 1 saturated heterocycles. The number of carbonyl (C=O) groups excluding carboxylic acids is 1. The van der Waals surface area contributed by atoms with Gasteiger partial charge in [-0.3, -0.25) is 9.78 Å². The van der Waals surface area contributed by atoms with Crippen molar-refractivity contribution in [2.24, 2.45) is 4.99 Å². The molecule has 5 rings (SSSR count). The summed E-state index contributed by atoms with van der Waals surface area (Å²) in [4.78, 5) is 22.2. The SMILES string of the molecule is Cc1cc(N=C(c2ccco2)C2C(=O)Nc3cc(B4OC(C)(C)C(C)(C)O4)ccc32)ccn1. The summed E-state index contributed by atoms with van der Waals surface area (Å²) in [6, 6.07) is 13.1. The van der Waals surface area contributed by atoms with Gasteiger partial charge in [0.2, 0.25) is 5.91 Å². The number of aliphatic imine (C=N–C) groups is 1. The molecule has 2 aliphatic rings. The maximum absolute atomic E-state index is 13.2. The number of anilines is 1. The number of hydrogen-bond donors (Lipinski definition) is 1. The van der Waals surface area contributed by atoms with Gasteiger partial charge in [-0.1, -0.05) is 12.1 Å². The van der Waals surface area contributed by atoms with Crippen LogP contribution in [0.2, 0.25) is 0 Å². The zero-order chi connectivity index (χ0) is 23.4. The van der Waals surface area contributed by atoms with Gasteiger partial charge in [0.15, 0.2) is 0 Å². The Morgan fingerprint density at radius 1 is 1.09 bits per heavy atom. The third-order valence-corrected chi connectivity index (χ3v) is 6.61. The average Bonchev–Trinajstić information content (AvgIpc) is 3.43. The Labute approximate surface area is 193 Å². The van der Waals surface area contributed by atoms with Crippen molar-refractivity contribution in [2.45, 2.75) is 51.7 Å². The molecule has 7 nitrogen and oxygen atoms in total. The lowest BCUT2D eigenvalue weighted by Crippen LogP contribution is -2.41. The van der Waals surface area contributed by atoms with Crippen LogP contribution in [-0.4, -0.2) is 34.9 Å². The molecular weight excluding hydrogens is 417 g/mol. The molecule has 8 heteroatoms. The summed E-state index contributed by atoms with van der Waals surface area (Å²) < 4.78 is 18.0. The standard InChI is InChI=1S/C25H26BN3O4/c1-15-13-17(10-11-27-15)28-22(20-7-6-12-31-20)21-18-9-8-16(14-19(18)29-23(21)30)26-32-24(2,3)25(4,5)33-26/h6-14,21H,1-5H3,(H,29,30). The lowest BCUT2D eigenvalue weighted by atomic mass is 9.78. The average molecular weight is 443 g/mol. The Hall–Kier alpha value is -3.23. The van der Waals surface area contributed by atoms with E-state index in [0.29, 0.717) is 17.2 Å². The van der Waals surface area contributed by atoms with Crippen molar-refractivity contribution in [3.05, 3.63) is 71.9 Å². The first-order chi connectivity index (χ1) is 15.6. The molecule has 1 amide bonds. The molecule has 0 bridgehead atoms. The number of aryl methyl sites for hydroxylation is 1. The van der Waals surface area contributed by atoms with Crippen molar-refractivity contribution in [3.8, 4) is 0 Å². The summed E-state index contributed by atoms with van der Waals surface area (Å²) in [5.41, 5.74) is 3.64. The minimum Gasteiger partial charge on any atom is -0.463 e. The molecule has 1 unspecified atom stereocenters. The number of hydrogen-bond acceptors (Lipinski definition) is 6. The van der Waals surface area contributed by atoms with Crippen molar-refractivity contribution < 1.29 is 18.5 Å². The summed E-state index contributed by atoms with van der Waals surface area (Å²) in [5.74, 6) is -0.212. The Kier molecular flexibility index (Phi) is 5.03. The molecule has 0 aliphatic carbocycles. The molecule has 0 spiro atoms. The van der Waals surface area contributed by atoms with Gasteiger partial charge >= 0.3 is 7.12 Å². The molecule has 33 heavy (non-hydrogen) atoms. The Morgan fingerprint density at radius 3 is 2.52 bits per heavy atom. The second-order valence-corrected chi connectivity index (χ2v) is 9.49. The molecule has 1 N–H and O–H groups in total. The fraction of sp³-hybridized carbons (Fsp3) is 0.320. The van der Waals surface area contributed by atoms with Gasteiger partial charge in [-0.15, -0.1) is 0 Å². The van der Waals surface area contributed by atoms with Crippen LogP contribution in [-0.2, 0) is 14.1 Å². The molecule has 2 aromatic heterocycles. The van der Waals surface area contributed by atoms with Crippen LogP contribution in [0.4, 0.5) is 11.4 Å². The maximum Gasteiger partial charge on any atom is 0.494 e. The highest BCUT2D eigenvalue weighted by molar-refractivity contribution is 6.62.